The van der Waals surface area contributed by atoms with E-state index in [-0.39, 0.29) is 18.8 Å². The molecule has 1 aromatic rings. The zero-order valence-corrected chi connectivity index (χ0v) is 12.4. The van der Waals surface area contributed by atoms with Crippen molar-refractivity contribution >= 4 is 5.97 Å². The number of hydrogen-bond donors (Lipinski definition) is 2. The highest BCUT2D eigenvalue weighted by molar-refractivity contribution is 5.87. The van der Waals surface area contributed by atoms with Gasteiger partial charge in [0.05, 0.1) is 12.2 Å². The van der Waals surface area contributed by atoms with Crippen molar-refractivity contribution in [3.8, 4) is 0 Å². The van der Waals surface area contributed by atoms with Crippen molar-refractivity contribution in [1.29, 1.82) is 0 Å². The van der Waals surface area contributed by atoms with Gasteiger partial charge in [-0.3, -0.25) is 0 Å². The van der Waals surface area contributed by atoms with Crippen molar-refractivity contribution in [1.82, 2.24) is 0 Å². The first-order chi connectivity index (χ1) is 10.1. The highest BCUT2D eigenvalue weighted by atomic mass is 16.7. The van der Waals surface area contributed by atoms with Crippen LogP contribution in [0, 0.1) is 5.92 Å². The van der Waals surface area contributed by atoms with Gasteiger partial charge in [-0.25, -0.2) is 4.79 Å². The number of carboxylic acid groups (broad SMARTS) is 1. The molecule has 0 aromatic heterocycles. The molecule has 0 aliphatic carbocycles. The number of hydrogen-bond acceptors (Lipinski definition) is 4. The van der Waals surface area contributed by atoms with Crippen LogP contribution in [0.25, 0.3) is 0 Å². The molecule has 1 aliphatic rings. The molecule has 5 heteroatoms. The standard InChI is InChI=1S/C9H18O3.C7H6O2/c1-8(6-10)7-12-9-4-2-3-5-11-9;8-7(9)6-4-2-1-3-5-6/h8-10H,2-7H2,1H3;1-5H,(H,8,9). The largest absolute Gasteiger partial charge is 0.478 e. The smallest absolute Gasteiger partial charge is 0.335 e. The molecule has 1 aliphatic heterocycles. The molecule has 1 aromatic carbocycles. The molecule has 0 saturated carbocycles. The van der Waals surface area contributed by atoms with Crippen LogP contribution in [0.15, 0.2) is 30.3 Å². The fourth-order valence-corrected chi connectivity index (χ4v) is 1.75. The third-order valence-corrected chi connectivity index (χ3v) is 3.04. The van der Waals surface area contributed by atoms with Gasteiger partial charge >= 0.3 is 5.97 Å². The molecule has 1 fully saturated rings. The van der Waals surface area contributed by atoms with Gasteiger partial charge in [-0.15, -0.1) is 0 Å². The van der Waals surface area contributed by atoms with Crippen molar-refractivity contribution in [3.05, 3.63) is 35.9 Å². The summed E-state index contributed by atoms with van der Waals surface area (Å²) < 4.78 is 10.8. The number of benzene rings is 1. The predicted molar refractivity (Wildman–Crippen MR) is 79.2 cm³/mol. The van der Waals surface area contributed by atoms with E-state index in [1.807, 2.05) is 6.92 Å². The Labute approximate surface area is 125 Å². The molecule has 118 valence electrons. The number of carboxylic acids is 1. The number of ether oxygens (including phenoxy) is 2. The first-order valence-electron chi connectivity index (χ1n) is 7.26. The van der Waals surface area contributed by atoms with Crippen LogP contribution in [0.5, 0.6) is 0 Å². The summed E-state index contributed by atoms with van der Waals surface area (Å²) in [5.74, 6) is -0.661. The Morgan fingerprint density at radius 2 is 2.10 bits per heavy atom. The Bertz CT molecular complexity index is 387. The van der Waals surface area contributed by atoms with Gasteiger partial charge in [0.1, 0.15) is 0 Å². The van der Waals surface area contributed by atoms with Crippen molar-refractivity contribution in [2.75, 3.05) is 19.8 Å². The molecule has 0 spiro atoms. The molecule has 2 unspecified atom stereocenters. The number of aromatic carboxylic acids is 1. The summed E-state index contributed by atoms with van der Waals surface area (Å²) in [6, 6.07) is 8.30. The Kier molecular flexibility index (Phi) is 8.66. The van der Waals surface area contributed by atoms with Gasteiger partial charge < -0.3 is 19.7 Å². The molecule has 5 nitrogen and oxygen atoms in total. The molecule has 0 amide bonds. The molecule has 0 bridgehead atoms. The van der Waals surface area contributed by atoms with Gasteiger partial charge in [0.2, 0.25) is 0 Å². The predicted octanol–water partition coefficient (Wildman–Crippen LogP) is 2.54. The van der Waals surface area contributed by atoms with Crippen LogP contribution in [0.3, 0.4) is 0 Å². The van der Waals surface area contributed by atoms with E-state index in [9.17, 15) is 4.79 Å². The van der Waals surface area contributed by atoms with E-state index in [0.717, 1.165) is 19.4 Å². The van der Waals surface area contributed by atoms with Crippen LogP contribution in [-0.4, -0.2) is 42.3 Å². The maximum absolute atomic E-state index is 10.2. The highest BCUT2D eigenvalue weighted by Gasteiger charge is 2.14. The fourth-order valence-electron chi connectivity index (χ4n) is 1.75. The Morgan fingerprint density at radius 1 is 1.38 bits per heavy atom. The third kappa shape index (κ3) is 7.80. The quantitative estimate of drug-likeness (QED) is 0.873. The van der Waals surface area contributed by atoms with E-state index in [1.54, 1.807) is 30.3 Å². The van der Waals surface area contributed by atoms with Gasteiger partial charge in [-0.1, -0.05) is 25.1 Å². The normalized spacial score (nSPS) is 19.2. The third-order valence-electron chi connectivity index (χ3n) is 3.04. The van der Waals surface area contributed by atoms with E-state index in [0.29, 0.717) is 12.2 Å². The van der Waals surface area contributed by atoms with E-state index in [1.165, 1.54) is 6.42 Å². The molecule has 2 rings (SSSR count). The number of aliphatic hydroxyl groups excluding tert-OH is 1. The van der Waals surface area contributed by atoms with Crippen LogP contribution in [0.4, 0.5) is 0 Å². The molecular formula is C16H24O5. The Hall–Kier alpha value is -1.43. The van der Waals surface area contributed by atoms with Crippen LogP contribution in [-0.2, 0) is 9.47 Å². The van der Waals surface area contributed by atoms with Crippen molar-refractivity contribution in [2.45, 2.75) is 32.5 Å². The van der Waals surface area contributed by atoms with Crippen LogP contribution < -0.4 is 0 Å². The van der Waals surface area contributed by atoms with Crippen molar-refractivity contribution in [3.63, 3.8) is 0 Å². The maximum Gasteiger partial charge on any atom is 0.335 e. The first-order valence-corrected chi connectivity index (χ1v) is 7.26. The second-order valence-corrected chi connectivity index (χ2v) is 5.09. The SMILES string of the molecule is CC(CO)COC1CCCCO1.O=C(O)c1ccccc1. The highest BCUT2D eigenvalue weighted by Crippen LogP contribution is 2.14. The van der Waals surface area contributed by atoms with Gasteiger partial charge in [0, 0.05) is 19.1 Å². The topological polar surface area (TPSA) is 76.0 Å². The minimum atomic E-state index is -0.879. The Balaban J connectivity index is 0.000000219. The minimum Gasteiger partial charge on any atom is -0.478 e. The van der Waals surface area contributed by atoms with E-state index >= 15 is 0 Å². The molecule has 2 N–H and O–H groups in total. The zero-order valence-electron chi connectivity index (χ0n) is 12.4. The lowest BCUT2D eigenvalue weighted by Crippen LogP contribution is -2.25. The molecule has 0 radical (unpaired) electrons. The zero-order chi connectivity index (χ0) is 15.5. The summed E-state index contributed by atoms with van der Waals surface area (Å²) in [4.78, 5) is 10.2. The lowest BCUT2D eigenvalue weighted by molar-refractivity contribution is -0.169. The monoisotopic (exact) mass is 296 g/mol. The number of rotatable bonds is 5. The van der Waals surface area contributed by atoms with E-state index < -0.39 is 5.97 Å². The average molecular weight is 296 g/mol. The minimum absolute atomic E-state index is 0.0206. The summed E-state index contributed by atoms with van der Waals surface area (Å²) in [7, 11) is 0. The molecule has 2 atom stereocenters. The van der Waals surface area contributed by atoms with Crippen LogP contribution in [0.2, 0.25) is 0 Å². The molecule has 21 heavy (non-hydrogen) atoms. The number of aliphatic hydroxyl groups is 1. The summed E-state index contributed by atoms with van der Waals surface area (Å²) in [5.41, 5.74) is 0.331. The van der Waals surface area contributed by atoms with Gasteiger partial charge in [0.25, 0.3) is 0 Å². The first kappa shape index (κ1) is 17.6. The second kappa shape index (κ2) is 10.3. The summed E-state index contributed by atoms with van der Waals surface area (Å²) >= 11 is 0. The fraction of sp³-hybridized carbons (Fsp3) is 0.562. The van der Waals surface area contributed by atoms with Gasteiger partial charge in [0.15, 0.2) is 6.29 Å². The lowest BCUT2D eigenvalue weighted by atomic mass is 10.2. The number of carbonyl (C=O) groups is 1. The van der Waals surface area contributed by atoms with Gasteiger partial charge in [-0.05, 0) is 31.4 Å². The van der Waals surface area contributed by atoms with E-state index in [2.05, 4.69) is 0 Å². The van der Waals surface area contributed by atoms with E-state index in [4.69, 9.17) is 19.7 Å². The summed E-state index contributed by atoms with van der Waals surface area (Å²) in [6.07, 6.45) is 3.32. The maximum atomic E-state index is 10.2. The Morgan fingerprint density at radius 3 is 2.57 bits per heavy atom. The molecular weight excluding hydrogens is 272 g/mol. The summed E-state index contributed by atoms with van der Waals surface area (Å²) in [5, 5.41) is 17.1. The second-order valence-electron chi connectivity index (χ2n) is 5.09. The van der Waals surface area contributed by atoms with Crippen molar-refractivity contribution < 1.29 is 24.5 Å². The van der Waals surface area contributed by atoms with Gasteiger partial charge in [-0.2, -0.15) is 0 Å². The summed E-state index contributed by atoms with van der Waals surface area (Å²) in [6.45, 7) is 3.56. The van der Waals surface area contributed by atoms with Crippen molar-refractivity contribution in [2.24, 2.45) is 5.92 Å². The van der Waals surface area contributed by atoms with Crippen LogP contribution >= 0.6 is 0 Å². The molecule has 1 heterocycles. The average Bonchev–Trinajstić information content (AvgIpc) is 2.55. The lowest BCUT2D eigenvalue weighted by Gasteiger charge is -2.23. The molecule has 1 saturated heterocycles. The van der Waals surface area contributed by atoms with Crippen LogP contribution in [0.1, 0.15) is 36.5 Å².